The Bertz CT molecular complexity index is 1090. The van der Waals surface area contributed by atoms with Gasteiger partial charge >= 0.3 is 0 Å². The Morgan fingerprint density at radius 2 is 1.93 bits per heavy atom. The molecule has 1 aliphatic rings. The molecule has 6 heteroatoms. The van der Waals surface area contributed by atoms with Crippen molar-refractivity contribution in [3.05, 3.63) is 99.2 Å². The van der Waals surface area contributed by atoms with Crippen molar-refractivity contribution in [1.82, 2.24) is 9.88 Å². The smallest absolute Gasteiger partial charge is 0.290 e. The molecule has 1 aliphatic heterocycles. The zero-order chi connectivity index (χ0) is 21.3. The molecule has 30 heavy (non-hydrogen) atoms. The van der Waals surface area contributed by atoms with Gasteiger partial charge in [-0.2, -0.15) is 0 Å². The number of hydrogen-bond acceptors (Lipinski definition) is 5. The Balaban J connectivity index is 1.78. The lowest BCUT2D eigenvalue weighted by atomic mass is 9.93. The van der Waals surface area contributed by atoms with Crippen LogP contribution in [0.1, 0.15) is 52.2 Å². The summed E-state index contributed by atoms with van der Waals surface area (Å²) in [5.41, 5.74) is 2.91. The first-order valence-electron chi connectivity index (χ1n) is 9.78. The van der Waals surface area contributed by atoms with Gasteiger partial charge in [-0.1, -0.05) is 50.2 Å². The van der Waals surface area contributed by atoms with Gasteiger partial charge in [0.15, 0.2) is 5.76 Å². The lowest BCUT2D eigenvalue weighted by Crippen LogP contribution is -2.30. The van der Waals surface area contributed by atoms with E-state index in [2.05, 4.69) is 18.8 Å². The van der Waals surface area contributed by atoms with Crippen LogP contribution in [-0.2, 0) is 11.3 Å². The number of amides is 1. The third kappa shape index (κ3) is 3.66. The predicted molar refractivity (Wildman–Crippen MR) is 116 cm³/mol. The molecular weight excluding hydrogens is 396 g/mol. The molecular formula is C24H22N2O3S. The number of carbonyl (C=O) groups excluding carboxylic acids is 2. The van der Waals surface area contributed by atoms with Gasteiger partial charge < -0.3 is 10.0 Å². The monoisotopic (exact) mass is 418 g/mol. The molecule has 1 unspecified atom stereocenters. The first-order chi connectivity index (χ1) is 14.5. The molecule has 4 rings (SSSR count). The summed E-state index contributed by atoms with van der Waals surface area (Å²) in [5.74, 6) is -0.971. The highest BCUT2D eigenvalue weighted by atomic mass is 32.1. The second-order valence-corrected chi connectivity index (χ2v) is 8.53. The molecule has 2 aromatic heterocycles. The van der Waals surface area contributed by atoms with Gasteiger partial charge in [0.1, 0.15) is 0 Å². The number of rotatable bonds is 6. The minimum atomic E-state index is -0.659. The molecule has 0 saturated carbocycles. The summed E-state index contributed by atoms with van der Waals surface area (Å²) in [6.45, 7) is 4.47. The van der Waals surface area contributed by atoms with E-state index < -0.39 is 17.7 Å². The summed E-state index contributed by atoms with van der Waals surface area (Å²) in [6.07, 6.45) is 3.35. The van der Waals surface area contributed by atoms with E-state index in [0.29, 0.717) is 10.8 Å². The number of carbonyl (C=O) groups is 2. The van der Waals surface area contributed by atoms with E-state index >= 15 is 0 Å². The molecule has 3 aromatic rings. The zero-order valence-corrected chi connectivity index (χ0v) is 17.6. The number of pyridine rings is 1. The third-order valence-corrected chi connectivity index (χ3v) is 6.16. The fourth-order valence-electron chi connectivity index (χ4n) is 3.69. The van der Waals surface area contributed by atoms with E-state index in [1.165, 1.54) is 21.8 Å². The predicted octanol–water partition coefficient (Wildman–Crippen LogP) is 5.05. The van der Waals surface area contributed by atoms with Crippen molar-refractivity contribution in [3.63, 3.8) is 0 Å². The minimum Gasteiger partial charge on any atom is -0.503 e. The summed E-state index contributed by atoms with van der Waals surface area (Å²) in [7, 11) is 0. The van der Waals surface area contributed by atoms with Crippen LogP contribution in [0.4, 0.5) is 0 Å². The number of ketones is 1. The molecule has 0 fully saturated rings. The highest BCUT2D eigenvalue weighted by Gasteiger charge is 2.43. The highest BCUT2D eigenvalue weighted by Crippen LogP contribution is 2.40. The first-order valence-corrected chi connectivity index (χ1v) is 10.7. The van der Waals surface area contributed by atoms with E-state index in [1.807, 2.05) is 35.7 Å². The van der Waals surface area contributed by atoms with Gasteiger partial charge in [-0.25, -0.2) is 0 Å². The van der Waals surface area contributed by atoms with Gasteiger partial charge in [0, 0.05) is 18.9 Å². The number of nitrogens with zero attached hydrogens (tertiary/aromatic N) is 2. The molecule has 3 heterocycles. The second-order valence-electron chi connectivity index (χ2n) is 7.59. The quantitative estimate of drug-likeness (QED) is 0.569. The van der Waals surface area contributed by atoms with E-state index in [1.54, 1.807) is 30.6 Å². The van der Waals surface area contributed by atoms with Crippen molar-refractivity contribution in [2.24, 2.45) is 0 Å². The maximum Gasteiger partial charge on any atom is 0.290 e. The maximum atomic E-state index is 13.2. The Morgan fingerprint density at radius 1 is 1.17 bits per heavy atom. The van der Waals surface area contributed by atoms with Crippen LogP contribution in [0.25, 0.3) is 0 Å². The number of aromatic nitrogens is 1. The van der Waals surface area contributed by atoms with Crippen LogP contribution in [0.15, 0.2) is 77.6 Å². The number of aliphatic hydroxyl groups excluding tert-OH is 1. The van der Waals surface area contributed by atoms with E-state index in [-0.39, 0.29) is 17.9 Å². The summed E-state index contributed by atoms with van der Waals surface area (Å²) in [4.78, 5) is 32.4. The molecule has 1 aromatic carbocycles. The molecule has 1 N–H and O–H groups in total. The first kappa shape index (κ1) is 20.0. The van der Waals surface area contributed by atoms with Gasteiger partial charge in [0.25, 0.3) is 5.91 Å². The van der Waals surface area contributed by atoms with Crippen LogP contribution in [0.5, 0.6) is 0 Å². The SMILES string of the molecule is CC(C)c1ccc(C2C(C(=O)c3cccs3)=C(O)C(=O)N2Cc2cccnc2)cc1. The molecule has 0 aliphatic carbocycles. The van der Waals surface area contributed by atoms with Crippen molar-refractivity contribution in [1.29, 1.82) is 0 Å². The van der Waals surface area contributed by atoms with Gasteiger partial charge in [0.2, 0.25) is 5.78 Å². The number of Topliss-reactive ketones (excluding diaryl/α,β-unsaturated/α-hetero) is 1. The zero-order valence-electron chi connectivity index (χ0n) is 16.8. The Kier molecular flexibility index (Phi) is 5.50. The highest BCUT2D eigenvalue weighted by molar-refractivity contribution is 7.12. The van der Waals surface area contributed by atoms with E-state index in [0.717, 1.165) is 11.1 Å². The molecule has 152 valence electrons. The Labute approximate surface area is 179 Å². The standard InChI is InChI=1S/C24H22N2O3S/c1-15(2)17-7-9-18(10-8-17)21-20(22(27)19-6-4-12-30-19)23(28)24(29)26(21)14-16-5-3-11-25-13-16/h3-13,15,21,28H,14H2,1-2H3. The van der Waals surface area contributed by atoms with Crippen LogP contribution in [0, 0.1) is 0 Å². The fourth-order valence-corrected chi connectivity index (χ4v) is 4.37. The average molecular weight is 419 g/mol. The minimum absolute atomic E-state index is 0.128. The summed E-state index contributed by atoms with van der Waals surface area (Å²) < 4.78 is 0. The Hall–Kier alpha value is -3.25. The summed E-state index contributed by atoms with van der Waals surface area (Å²) in [6, 6.07) is 14.4. The van der Waals surface area contributed by atoms with Crippen molar-refractivity contribution in [2.75, 3.05) is 0 Å². The van der Waals surface area contributed by atoms with Crippen LogP contribution in [-0.4, -0.2) is 26.7 Å². The summed E-state index contributed by atoms with van der Waals surface area (Å²) >= 11 is 1.30. The van der Waals surface area contributed by atoms with Crippen molar-refractivity contribution >= 4 is 23.0 Å². The molecule has 1 amide bonds. The normalized spacial score (nSPS) is 16.6. The van der Waals surface area contributed by atoms with Crippen molar-refractivity contribution < 1.29 is 14.7 Å². The van der Waals surface area contributed by atoms with Crippen LogP contribution in [0.3, 0.4) is 0 Å². The number of aliphatic hydroxyl groups is 1. The topological polar surface area (TPSA) is 70.5 Å². The molecule has 1 atom stereocenters. The van der Waals surface area contributed by atoms with Crippen molar-refractivity contribution in [2.45, 2.75) is 32.4 Å². The molecule has 0 spiro atoms. The van der Waals surface area contributed by atoms with Crippen LogP contribution >= 0.6 is 11.3 Å². The van der Waals surface area contributed by atoms with Crippen LogP contribution in [0.2, 0.25) is 0 Å². The molecule has 0 saturated heterocycles. The second kappa shape index (κ2) is 8.24. The number of benzene rings is 1. The maximum absolute atomic E-state index is 13.2. The molecule has 0 radical (unpaired) electrons. The summed E-state index contributed by atoms with van der Waals surface area (Å²) in [5, 5.41) is 12.5. The van der Waals surface area contributed by atoms with Gasteiger partial charge in [0.05, 0.1) is 16.5 Å². The molecule has 0 bridgehead atoms. The lowest BCUT2D eigenvalue weighted by Gasteiger charge is -2.27. The van der Waals surface area contributed by atoms with E-state index in [9.17, 15) is 14.7 Å². The van der Waals surface area contributed by atoms with E-state index in [4.69, 9.17) is 0 Å². The largest absolute Gasteiger partial charge is 0.503 e. The van der Waals surface area contributed by atoms with Crippen molar-refractivity contribution in [3.8, 4) is 0 Å². The molecule has 5 nitrogen and oxygen atoms in total. The van der Waals surface area contributed by atoms with Gasteiger partial charge in [-0.3, -0.25) is 14.6 Å². The van der Waals surface area contributed by atoms with Crippen LogP contribution < -0.4 is 0 Å². The number of thiophene rings is 1. The fraction of sp³-hybridized carbons (Fsp3) is 0.208. The number of hydrogen-bond donors (Lipinski definition) is 1. The average Bonchev–Trinajstić information content (AvgIpc) is 3.37. The van der Waals surface area contributed by atoms with Gasteiger partial charge in [-0.15, -0.1) is 11.3 Å². The van der Waals surface area contributed by atoms with Gasteiger partial charge in [-0.05, 0) is 40.1 Å². The lowest BCUT2D eigenvalue weighted by molar-refractivity contribution is -0.130. The Morgan fingerprint density at radius 3 is 2.53 bits per heavy atom. The third-order valence-electron chi connectivity index (χ3n) is 5.29.